The number of phosphoric ester groups is 1. The highest BCUT2D eigenvalue weighted by Crippen LogP contribution is 2.38. The van der Waals surface area contributed by atoms with Gasteiger partial charge in [-0.05, 0) is 13.3 Å². The van der Waals surface area contributed by atoms with Gasteiger partial charge in [-0.25, -0.2) is 0 Å². The molecule has 0 saturated carbocycles. The zero-order chi connectivity index (χ0) is 30.1. The van der Waals surface area contributed by atoms with Crippen LogP contribution in [0.2, 0.25) is 0 Å². The molecule has 0 aromatic heterocycles. The molecule has 9 nitrogen and oxygen atoms in total. The predicted octanol–water partition coefficient (Wildman–Crippen LogP) is 6.71. The Morgan fingerprint density at radius 2 is 1.18 bits per heavy atom. The summed E-state index contributed by atoms with van der Waals surface area (Å²) in [4.78, 5) is 35.1. The molecular weight excluding hydrogens is 533 g/mol. The lowest BCUT2D eigenvalue weighted by molar-refractivity contribution is -0.870. The summed E-state index contributed by atoms with van der Waals surface area (Å²) in [7, 11) is 1.31. The van der Waals surface area contributed by atoms with E-state index >= 15 is 0 Å². The Kier molecular flexibility index (Phi) is 24.2. The average molecular weight is 594 g/mol. The van der Waals surface area contributed by atoms with Crippen LogP contribution in [0.25, 0.3) is 0 Å². The summed E-state index contributed by atoms with van der Waals surface area (Å²) in [6.07, 6.45) is 19.1. The molecule has 0 fully saturated rings. The van der Waals surface area contributed by atoms with Gasteiger partial charge in [-0.15, -0.1) is 0 Å². The maximum atomic E-state index is 12.0. The molecule has 0 heterocycles. The van der Waals surface area contributed by atoms with Gasteiger partial charge < -0.3 is 27.9 Å². The first-order valence-corrected chi connectivity index (χ1v) is 17.1. The number of likely N-dealkylation sites (N-methyl/N-ethyl adjacent to an activating group) is 1. The predicted molar refractivity (Wildman–Crippen MR) is 158 cm³/mol. The number of carbonyl (C=O) groups excluding carboxylic acids is 2. The number of carbonyl (C=O) groups is 2. The van der Waals surface area contributed by atoms with Crippen molar-refractivity contribution in [3.63, 3.8) is 0 Å². The van der Waals surface area contributed by atoms with Crippen LogP contribution in [0.1, 0.15) is 129 Å². The van der Waals surface area contributed by atoms with Crippen LogP contribution in [0, 0.1) is 0 Å². The molecule has 0 amide bonds. The number of rotatable bonds is 29. The molecule has 40 heavy (non-hydrogen) atoms. The van der Waals surface area contributed by atoms with Crippen molar-refractivity contribution in [2.45, 2.75) is 136 Å². The van der Waals surface area contributed by atoms with Gasteiger partial charge in [0.15, 0.2) is 0 Å². The molecule has 10 heteroatoms. The van der Waals surface area contributed by atoms with Gasteiger partial charge in [-0.2, -0.15) is 0 Å². The van der Waals surface area contributed by atoms with Crippen LogP contribution < -0.4 is 4.89 Å². The molecule has 0 bridgehead atoms. The quantitative estimate of drug-likeness (QED) is 0.0235. The van der Waals surface area contributed by atoms with Gasteiger partial charge in [0, 0.05) is 6.42 Å². The third kappa shape index (κ3) is 28.7. The van der Waals surface area contributed by atoms with E-state index in [2.05, 4.69) is 6.92 Å². The number of unbranched alkanes of at least 4 members (excludes halogenated alkanes) is 15. The second-order valence-corrected chi connectivity index (χ2v) is 13.3. The number of nitrogens with zero attached hydrogens (tertiary/aromatic N) is 1. The fourth-order valence-electron chi connectivity index (χ4n) is 4.16. The van der Waals surface area contributed by atoms with Crippen LogP contribution in [0.4, 0.5) is 0 Å². The summed E-state index contributed by atoms with van der Waals surface area (Å²) in [6, 6.07) is 0. The van der Waals surface area contributed by atoms with Gasteiger partial charge in [-0.1, -0.05) is 103 Å². The minimum Gasteiger partial charge on any atom is -0.756 e. The average Bonchev–Trinajstić information content (AvgIpc) is 2.84. The molecule has 0 radical (unpaired) electrons. The third-order valence-electron chi connectivity index (χ3n) is 6.57. The molecule has 0 rings (SSSR count). The van der Waals surface area contributed by atoms with E-state index in [-0.39, 0.29) is 31.8 Å². The summed E-state index contributed by atoms with van der Waals surface area (Å²) < 4.78 is 33.2. The molecule has 0 spiro atoms. The lowest BCUT2D eigenvalue weighted by Crippen LogP contribution is -2.37. The van der Waals surface area contributed by atoms with Crippen LogP contribution >= 0.6 is 7.82 Å². The van der Waals surface area contributed by atoms with E-state index in [4.69, 9.17) is 18.5 Å². The van der Waals surface area contributed by atoms with Crippen LogP contribution in [0.15, 0.2) is 0 Å². The van der Waals surface area contributed by atoms with Crippen molar-refractivity contribution in [2.24, 2.45) is 0 Å². The maximum Gasteiger partial charge on any atom is 0.315 e. The smallest absolute Gasteiger partial charge is 0.315 e. The van der Waals surface area contributed by atoms with Gasteiger partial charge in [-0.3, -0.25) is 14.2 Å². The standard InChI is InChI=1S/C30H60NO8P/c1-6-7-8-9-10-11-12-13-14-15-16-17-18-19-20-21-24-36-30(39-29(33)27-28(2)32)22-25-37-40(34,35)38-26-23-31(3,4)5/h30H,6-27H2,1-5H3/t30-/m0/s1. The Balaban J connectivity index is 4.01. The normalized spacial score (nSPS) is 14.2. The van der Waals surface area contributed by atoms with E-state index in [1.54, 1.807) is 0 Å². The van der Waals surface area contributed by atoms with Gasteiger partial charge >= 0.3 is 5.97 Å². The van der Waals surface area contributed by atoms with Crippen molar-refractivity contribution < 1.29 is 42.1 Å². The zero-order valence-corrected chi connectivity index (χ0v) is 27.2. The first-order chi connectivity index (χ1) is 18.9. The lowest BCUT2D eigenvalue weighted by Gasteiger charge is -2.27. The van der Waals surface area contributed by atoms with E-state index in [9.17, 15) is 19.0 Å². The second-order valence-electron chi connectivity index (χ2n) is 11.9. The molecule has 0 aromatic carbocycles. The third-order valence-corrected chi connectivity index (χ3v) is 7.57. The molecule has 238 valence electrons. The molecule has 0 aliphatic carbocycles. The van der Waals surface area contributed by atoms with Crippen molar-refractivity contribution in [3.8, 4) is 0 Å². The highest BCUT2D eigenvalue weighted by molar-refractivity contribution is 7.45. The Hall–Kier alpha value is -0.830. The van der Waals surface area contributed by atoms with Crippen molar-refractivity contribution >= 4 is 19.6 Å². The molecule has 0 aromatic rings. The zero-order valence-electron chi connectivity index (χ0n) is 26.3. The number of ketones is 1. The highest BCUT2D eigenvalue weighted by atomic mass is 31.2. The summed E-state index contributed by atoms with van der Waals surface area (Å²) in [5, 5.41) is 0. The fourth-order valence-corrected chi connectivity index (χ4v) is 4.87. The molecule has 0 aliphatic heterocycles. The van der Waals surface area contributed by atoms with Crippen molar-refractivity contribution in [3.05, 3.63) is 0 Å². The molecule has 2 atom stereocenters. The Morgan fingerprint density at radius 1 is 0.725 bits per heavy atom. The van der Waals surface area contributed by atoms with E-state index in [1.807, 2.05) is 21.1 Å². The number of esters is 1. The van der Waals surface area contributed by atoms with Crippen molar-refractivity contribution in [2.75, 3.05) is 47.5 Å². The summed E-state index contributed by atoms with van der Waals surface area (Å²) in [5.74, 6) is -1.01. The van der Waals surface area contributed by atoms with E-state index in [0.717, 1.165) is 19.3 Å². The van der Waals surface area contributed by atoms with Gasteiger partial charge in [0.05, 0.1) is 34.4 Å². The number of ether oxygens (including phenoxy) is 2. The Labute approximate surface area is 244 Å². The number of hydrogen-bond donors (Lipinski definition) is 0. The Bertz CT molecular complexity index is 683. The van der Waals surface area contributed by atoms with Gasteiger partial charge in [0.1, 0.15) is 25.4 Å². The van der Waals surface area contributed by atoms with Crippen LogP contribution in [0.5, 0.6) is 0 Å². The van der Waals surface area contributed by atoms with Crippen LogP contribution in [0.3, 0.4) is 0 Å². The molecule has 1 unspecified atom stereocenters. The largest absolute Gasteiger partial charge is 0.756 e. The molecule has 0 N–H and O–H groups in total. The van der Waals surface area contributed by atoms with Crippen molar-refractivity contribution in [1.29, 1.82) is 0 Å². The minimum atomic E-state index is -4.47. The summed E-state index contributed by atoms with van der Waals surface area (Å²) >= 11 is 0. The SMILES string of the molecule is CCCCCCCCCCCCCCCCCCO[C@H](CCOP(=O)([O-])OCC[N+](C)(C)C)OC(=O)CC(C)=O. The number of quaternary nitrogens is 1. The monoisotopic (exact) mass is 593 g/mol. The molecule has 0 aliphatic rings. The first-order valence-electron chi connectivity index (χ1n) is 15.7. The van der Waals surface area contributed by atoms with E-state index in [0.29, 0.717) is 17.6 Å². The number of Topliss-reactive ketones (excluding diaryl/α,β-unsaturated/α-hetero) is 1. The lowest BCUT2D eigenvalue weighted by atomic mass is 10.0. The van der Waals surface area contributed by atoms with E-state index in [1.165, 1.54) is 90.4 Å². The highest BCUT2D eigenvalue weighted by Gasteiger charge is 2.19. The first kappa shape index (κ1) is 39.2. The second kappa shape index (κ2) is 24.7. The van der Waals surface area contributed by atoms with Crippen molar-refractivity contribution in [1.82, 2.24) is 0 Å². The Morgan fingerprint density at radius 3 is 1.62 bits per heavy atom. The summed E-state index contributed by atoms with van der Waals surface area (Å²) in [5.41, 5.74) is 0. The maximum absolute atomic E-state index is 12.0. The topological polar surface area (TPSA) is 111 Å². The molecule has 0 saturated heterocycles. The summed E-state index contributed by atoms with van der Waals surface area (Å²) in [6.45, 7) is 4.21. The van der Waals surface area contributed by atoms with Gasteiger partial charge in [0.2, 0.25) is 6.29 Å². The molecular formula is C30H60NO8P. The fraction of sp³-hybridized carbons (Fsp3) is 0.933. The van der Waals surface area contributed by atoms with Crippen LogP contribution in [-0.2, 0) is 32.7 Å². The van der Waals surface area contributed by atoms with E-state index < -0.39 is 20.1 Å². The number of phosphoric acid groups is 1. The number of hydrogen-bond acceptors (Lipinski definition) is 8. The van der Waals surface area contributed by atoms with Crippen LogP contribution in [-0.4, -0.2) is 70.0 Å². The minimum absolute atomic E-state index is 0.0110. The van der Waals surface area contributed by atoms with Gasteiger partial charge in [0.25, 0.3) is 7.82 Å².